The molecular weight excluding hydrogens is 220 g/mol. The molecule has 0 radical (unpaired) electrons. The molecule has 0 atom stereocenters. The fourth-order valence-electron chi connectivity index (χ4n) is 1.36. The summed E-state index contributed by atoms with van der Waals surface area (Å²) in [6.45, 7) is 1.88. The summed E-state index contributed by atoms with van der Waals surface area (Å²) in [5.41, 5.74) is 1.32. The van der Waals surface area contributed by atoms with Gasteiger partial charge in [0, 0.05) is 0 Å². The molecule has 2 N–H and O–H groups in total. The fourth-order valence-corrected chi connectivity index (χ4v) is 1.88. The maximum absolute atomic E-state index is 11.5. The number of aromatic nitrogens is 2. The molecule has 2 aromatic rings. The van der Waals surface area contributed by atoms with Crippen molar-refractivity contribution in [1.29, 1.82) is 0 Å². The molecule has 0 aliphatic rings. The van der Waals surface area contributed by atoms with Crippen LogP contribution in [0.5, 0.6) is 0 Å². The number of nitrogens with one attached hydrogen (secondary N) is 2. The van der Waals surface area contributed by atoms with Crippen LogP contribution in [0, 0.1) is 11.7 Å². The highest BCUT2D eigenvalue weighted by Gasteiger charge is 2.03. The molecule has 1 heterocycles. The maximum Gasteiger partial charge on any atom is 0.259 e. The Morgan fingerprint density at radius 1 is 1.36 bits per heavy atom. The van der Waals surface area contributed by atoms with Crippen LogP contribution in [0.25, 0.3) is 10.9 Å². The Hall–Kier alpha value is -1.13. The van der Waals surface area contributed by atoms with Gasteiger partial charge in [0.25, 0.3) is 5.56 Å². The first kappa shape index (κ1) is 9.43. The van der Waals surface area contributed by atoms with Crippen molar-refractivity contribution in [1.82, 2.24) is 9.97 Å². The van der Waals surface area contributed by atoms with E-state index in [4.69, 9.17) is 23.8 Å². The van der Waals surface area contributed by atoms with Gasteiger partial charge in [0.1, 0.15) is 0 Å². The largest absolute Gasteiger partial charge is 0.330 e. The minimum atomic E-state index is -0.214. The lowest BCUT2D eigenvalue weighted by Gasteiger charge is -2.01. The van der Waals surface area contributed by atoms with Crippen molar-refractivity contribution in [3.8, 4) is 0 Å². The Morgan fingerprint density at radius 2 is 2.07 bits per heavy atom. The van der Waals surface area contributed by atoms with E-state index in [-0.39, 0.29) is 10.3 Å². The minimum Gasteiger partial charge on any atom is -0.330 e. The Morgan fingerprint density at radius 3 is 2.79 bits per heavy atom. The molecule has 0 aliphatic carbocycles. The molecule has 72 valence electrons. The van der Waals surface area contributed by atoms with Crippen molar-refractivity contribution in [2.45, 2.75) is 6.92 Å². The minimum absolute atomic E-state index is 0.214. The van der Waals surface area contributed by atoms with Gasteiger partial charge < -0.3 is 4.98 Å². The Bertz CT molecular complexity index is 614. The first-order valence-corrected chi connectivity index (χ1v) is 4.79. The fraction of sp³-hybridized carbons (Fsp3) is 0.111. The average molecular weight is 227 g/mol. The highest BCUT2D eigenvalue weighted by molar-refractivity contribution is 7.71. The van der Waals surface area contributed by atoms with Crippen molar-refractivity contribution in [3.05, 3.63) is 37.8 Å². The van der Waals surface area contributed by atoms with Crippen molar-refractivity contribution in [3.63, 3.8) is 0 Å². The van der Waals surface area contributed by atoms with Crippen molar-refractivity contribution in [2.24, 2.45) is 0 Å². The summed E-state index contributed by atoms with van der Waals surface area (Å²) < 4.78 is 0.285. The highest BCUT2D eigenvalue weighted by Crippen LogP contribution is 2.20. The van der Waals surface area contributed by atoms with Crippen LogP contribution in [0.15, 0.2) is 16.9 Å². The third-order valence-electron chi connectivity index (χ3n) is 1.94. The highest BCUT2D eigenvalue weighted by atomic mass is 35.5. The third kappa shape index (κ3) is 1.47. The molecule has 0 saturated carbocycles. The van der Waals surface area contributed by atoms with Gasteiger partial charge in [-0.2, -0.15) is 0 Å². The number of fused-ring (bicyclic) bond motifs is 1. The second kappa shape index (κ2) is 3.22. The van der Waals surface area contributed by atoms with Crippen molar-refractivity contribution in [2.75, 3.05) is 0 Å². The number of rotatable bonds is 0. The predicted molar refractivity (Wildman–Crippen MR) is 59.5 cm³/mol. The van der Waals surface area contributed by atoms with E-state index in [1.165, 1.54) is 0 Å². The summed E-state index contributed by atoms with van der Waals surface area (Å²) in [6.07, 6.45) is 0. The van der Waals surface area contributed by atoms with E-state index < -0.39 is 0 Å². The van der Waals surface area contributed by atoms with Gasteiger partial charge in [-0.05, 0) is 36.8 Å². The lowest BCUT2D eigenvalue weighted by Crippen LogP contribution is -2.08. The molecule has 0 bridgehead atoms. The van der Waals surface area contributed by atoms with Crippen LogP contribution >= 0.6 is 23.8 Å². The van der Waals surface area contributed by atoms with E-state index in [0.717, 1.165) is 5.56 Å². The molecule has 1 aromatic carbocycles. The van der Waals surface area contributed by atoms with Crippen molar-refractivity contribution >= 4 is 34.7 Å². The number of halogens is 1. The number of hydrogen-bond donors (Lipinski definition) is 2. The van der Waals surface area contributed by atoms with Crippen LogP contribution in [0.1, 0.15) is 5.56 Å². The zero-order chi connectivity index (χ0) is 10.3. The quantitative estimate of drug-likeness (QED) is 0.679. The molecule has 0 spiro atoms. The molecule has 0 unspecified atom stereocenters. The molecule has 14 heavy (non-hydrogen) atoms. The second-order valence-electron chi connectivity index (χ2n) is 3.08. The van der Waals surface area contributed by atoms with Crippen LogP contribution in [-0.2, 0) is 0 Å². The number of aromatic amines is 2. The standard InChI is InChI=1S/C9H7ClN2OS/c1-4-2-5-7(6(10)3-4)11-9(14)12-8(5)13/h2-3H,1H3,(H2,11,12,13,14). The number of benzene rings is 1. The monoisotopic (exact) mass is 226 g/mol. The predicted octanol–water partition coefficient (Wildman–Crippen LogP) is 2.55. The summed E-state index contributed by atoms with van der Waals surface area (Å²) >= 11 is 10.8. The van der Waals surface area contributed by atoms with E-state index in [0.29, 0.717) is 15.9 Å². The topological polar surface area (TPSA) is 48.6 Å². The van der Waals surface area contributed by atoms with Gasteiger partial charge >= 0.3 is 0 Å². The van der Waals surface area contributed by atoms with Crippen LogP contribution in [0.3, 0.4) is 0 Å². The van der Waals surface area contributed by atoms with Gasteiger partial charge in [-0.1, -0.05) is 11.6 Å². The van der Waals surface area contributed by atoms with E-state index in [2.05, 4.69) is 9.97 Å². The molecule has 0 saturated heterocycles. The second-order valence-corrected chi connectivity index (χ2v) is 3.89. The number of hydrogen-bond acceptors (Lipinski definition) is 2. The molecule has 1 aromatic heterocycles. The van der Waals surface area contributed by atoms with Crippen LogP contribution < -0.4 is 5.56 Å². The summed E-state index contributed by atoms with van der Waals surface area (Å²) in [7, 11) is 0. The van der Waals surface area contributed by atoms with Gasteiger partial charge in [0.05, 0.1) is 15.9 Å². The smallest absolute Gasteiger partial charge is 0.259 e. The first-order valence-electron chi connectivity index (χ1n) is 4.00. The number of aryl methyl sites for hydroxylation is 1. The van der Waals surface area contributed by atoms with Crippen LogP contribution in [-0.4, -0.2) is 9.97 Å². The van der Waals surface area contributed by atoms with E-state index in [9.17, 15) is 4.79 Å². The lowest BCUT2D eigenvalue weighted by molar-refractivity contribution is 1.14. The maximum atomic E-state index is 11.5. The first-order chi connectivity index (χ1) is 6.58. The van der Waals surface area contributed by atoms with E-state index >= 15 is 0 Å². The lowest BCUT2D eigenvalue weighted by atomic mass is 10.2. The van der Waals surface area contributed by atoms with Gasteiger partial charge in [-0.15, -0.1) is 0 Å². The van der Waals surface area contributed by atoms with Gasteiger partial charge in [0.15, 0.2) is 4.77 Å². The SMILES string of the molecule is Cc1cc(Cl)c2[nH]c(=S)[nH]c(=O)c2c1. The van der Waals surface area contributed by atoms with Crippen molar-refractivity contribution < 1.29 is 0 Å². The molecule has 5 heteroatoms. The molecule has 0 amide bonds. The molecule has 0 fully saturated rings. The zero-order valence-corrected chi connectivity index (χ0v) is 8.92. The third-order valence-corrected chi connectivity index (χ3v) is 2.45. The van der Waals surface area contributed by atoms with E-state index in [1.807, 2.05) is 6.92 Å². The average Bonchev–Trinajstić information content (AvgIpc) is 2.07. The van der Waals surface area contributed by atoms with Gasteiger partial charge in [0.2, 0.25) is 0 Å². The Kier molecular flexibility index (Phi) is 2.17. The van der Waals surface area contributed by atoms with E-state index in [1.54, 1.807) is 12.1 Å². The summed E-state index contributed by atoms with van der Waals surface area (Å²) in [5, 5.41) is 1.04. The van der Waals surface area contributed by atoms with Gasteiger partial charge in [-0.3, -0.25) is 9.78 Å². The Balaban J connectivity index is 3.10. The number of H-pyrrole nitrogens is 2. The normalized spacial score (nSPS) is 10.7. The molecule has 0 aliphatic heterocycles. The summed E-state index contributed by atoms with van der Waals surface area (Å²) in [4.78, 5) is 16.9. The zero-order valence-electron chi connectivity index (χ0n) is 7.35. The van der Waals surface area contributed by atoms with Crippen LogP contribution in [0.4, 0.5) is 0 Å². The van der Waals surface area contributed by atoms with Gasteiger partial charge in [-0.25, -0.2) is 0 Å². The van der Waals surface area contributed by atoms with Crippen LogP contribution in [0.2, 0.25) is 5.02 Å². The Labute approximate surface area is 89.7 Å². The summed E-state index contributed by atoms with van der Waals surface area (Å²) in [6, 6.07) is 3.56. The summed E-state index contributed by atoms with van der Waals surface area (Å²) in [5.74, 6) is 0. The molecule has 3 nitrogen and oxygen atoms in total. The molecule has 2 rings (SSSR count). The molecular formula is C9H7ClN2OS.